The van der Waals surface area contributed by atoms with E-state index >= 15 is 0 Å². The van der Waals surface area contributed by atoms with Crippen molar-refractivity contribution in [1.82, 2.24) is 4.31 Å². The lowest BCUT2D eigenvalue weighted by Crippen LogP contribution is -2.43. The number of aryl methyl sites for hydroxylation is 1. The zero-order chi connectivity index (χ0) is 16.6. The Labute approximate surface area is 131 Å². The highest BCUT2D eigenvalue weighted by molar-refractivity contribution is 7.89. The fourth-order valence-corrected chi connectivity index (χ4v) is 5.08. The van der Waals surface area contributed by atoms with Gasteiger partial charge in [0.2, 0.25) is 10.0 Å². The van der Waals surface area contributed by atoms with E-state index in [1.165, 1.54) is 11.4 Å². The Morgan fingerprint density at radius 3 is 2.33 bits per heavy atom. The Kier molecular flexibility index (Phi) is 5.23. The van der Waals surface area contributed by atoms with Gasteiger partial charge in [-0.3, -0.25) is 0 Å². The summed E-state index contributed by atoms with van der Waals surface area (Å²) in [4.78, 5) is 12.0. The van der Waals surface area contributed by atoms with E-state index in [1.807, 2.05) is 27.7 Å². The Balaban J connectivity index is 3.39. The molecule has 0 spiro atoms. The average Bonchev–Trinajstić information content (AvgIpc) is 2.77. The number of thiophene rings is 1. The molecule has 0 fully saturated rings. The molecule has 5 nitrogen and oxygen atoms in total. The Bertz CT molecular complexity index is 626. The van der Waals surface area contributed by atoms with Gasteiger partial charge in [0.15, 0.2) is 0 Å². The minimum atomic E-state index is -3.75. The summed E-state index contributed by atoms with van der Waals surface area (Å²) in [5, 5.41) is 1.66. The second-order valence-electron chi connectivity index (χ2n) is 6.13. The fourth-order valence-electron chi connectivity index (χ4n) is 1.89. The molecule has 0 radical (unpaired) electrons. The number of ether oxygens (including phenoxy) is 1. The molecule has 0 saturated carbocycles. The topological polar surface area (TPSA) is 63.7 Å². The van der Waals surface area contributed by atoms with Crippen LogP contribution in [0.2, 0.25) is 0 Å². The number of methoxy groups -OCH3 is 1. The standard InChI is InChI=1S/C14H23NO4S2/c1-9-8-20-11(13(16)19-7)12(9)21(17,18)15(6)10(2)14(3,4)5/h8,10H,1-7H3. The number of sulfonamides is 1. The summed E-state index contributed by atoms with van der Waals surface area (Å²) < 4.78 is 31.7. The molecule has 0 amide bonds. The molecule has 0 N–H and O–H groups in total. The molecule has 0 aliphatic carbocycles. The molecular weight excluding hydrogens is 310 g/mol. The van der Waals surface area contributed by atoms with E-state index in [0.29, 0.717) is 5.56 Å². The van der Waals surface area contributed by atoms with Gasteiger partial charge in [0, 0.05) is 13.1 Å². The van der Waals surface area contributed by atoms with E-state index in [-0.39, 0.29) is 21.2 Å². The third-order valence-electron chi connectivity index (χ3n) is 3.72. The van der Waals surface area contributed by atoms with Gasteiger partial charge in [-0.15, -0.1) is 11.3 Å². The fraction of sp³-hybridized carbons (Fsp3) is 0.643. The summed E-state index contributed by atoms with van der Waals surface area (Å²) in [6.07, 6.45) is 0. The molecule has 1 rings (SSSR count). The van der Waals surface area contributed by atoms with Crippen LogP contribution in [0.1, 0.15) is 42.9 Å². The van der Waals surface area contributed by atoms with Crippen molar-refractivity contribution in [2.24, 2.45) is 5.41 Å². The first-order valence-corrected chi connectivity index (χ1v) is 8.91. The van der Waals surface area contributed by atoms with Crippen LogP contribution in [-0.2, 0) is 14.8 Å². The van der Waals surface area contributed by atoms with Crippen molar-refractivity contribution in [1.29, 1.82) is 0 Å². The van der Waals surface area contributed by atoms with Crippen molar-refractivity contribution in [3.8, 4) is 0 Å². The maximum Gasteiger partial charge on any atom is 0.349 e. The molecular formula is C14H23NO4S2. The Hall–Kier alpha value is -0.920. The number of esters is 1. The smallest absolute Gasteiger partial charge is 0.349 e. The van der Waals surface area contributed by atoms with Gasteiger partial charge in [0.05, 0.1) is 7.11 Å². The third-order valence-corrected chi connectivity index (χ3v) is 7.05. The van der Waals surface area contributed by atoms with Crippen LogP contribution in [0.4, 0.5) is 0 Å². The van der Waals surface area contributed by atoms with Crippen molar-refractivity contribution in [2.75, 3.05) is 14.2 Å². The van der Waals surface area contributed by atoms with Gasteiger partial charge in [-0.05, 0) is 30.2 Å². The van der Waals surface area contributed by atoms with Gasteiger partial charge in [-0.2, -0.15) is 4.31 Å². The van der Waals surface area contributed by atoms with E-state index < -0.39 is 16.0 Å². The predicted molar refractivity (Wildman–Crippen MR) is 84.3 cm³/mol. The van der Waals surface area contributed by atoms with Crippen LogP contribution >= 0.6 is 11.3 Å². The molecule has 0 aliphatic rings. The van der Waals surface area contributed by atoms with Gasteiger partial charge >= 0.3 is 5.97 Å². The maximum atomic E-state index is 12.9. The number of nitrogens with zero attached hydrogens (tertiary/aromatic N) is 1. The molecule has 0 bridgehead atoms. The van der Waals surface area contributed by atoms with Gasteiger partial charge in [-0.25, -0.2) is 13.2 Å². The molecule has 1 heterocycles. The molecule has 1 unspecified atom stereocenters. The number of carbonyl (C=O) groups is 1. The van der Waals surface area contributed by atoms with E-state index in [0.717, 1.165) is 11.3 Å². The van der Waals surface area contributed by atoms with E-state index in [2.05, 4.69) is 4.74 Å². The van der Waals surface area contributed by atoms with E-state index in [4.69, 9.17) is 0 Å². The van der Waals surface area contributed by atoms with Crippen LogP contribution in [-0.4, -0.2) is 38.9 Å². The van der Waals surface area contributed by atoms with Gasteiger partial charge < -0.3 is 4.74 Å². The molecule has 21 heavy (non-hydrogen) atoms. The van der Waals surface area contributed by atoms with Crippen molar-refractivity contribution >= 4 is 27.3 Å². The first-order valence-electron chi connectivity index (χ1n) is 6.59. The molecule has 1 aromatic heterocycles. The quantitative estimate of drug-likeness (QED) is 0.795. The maximum absolute atomic E-state index is 12.9. The number of carbonyl (C=O) groups excluding carboxylic acids is 1. The summed E-state index contributed by atoms with van der Waals surface area (Å²) >= 11 is 1.09. The van der Waals surface area contributed by atoms with Gasteiger partial charge in [-0.1, -0.05) is 20.8 Å². The van der Waals surface area contributed by atoms with Crippen molar-refractivity contribution in [3.05, 3.63) is 15.8 Å². The molecule has 0 aromatic carbocycles. The van der Waals surface area contributed by atoms with Crippen LogP contribution in [0.25, 0.3) is 0 Å². The highest BCUT2D eigenvalue weighted by atomic mass is 32.2. The summed E-state index contributed by atoms with van der Waals surface area (Å²) in [6, 6.07) is -0.215. The monoisotopic (exact) mass is 333 g/mol. The lowest BCUT2D eigenvalue weighted by molar-refractivity contribution is 0.0602. The number of hydrogen-bond acceptors (Lipinski definition) is 5. The first kappa shape index (κ1) is 18.1. The summed E-state index contributed by atoms with van der Waals surface area (Å²) in [5.74, 6) is -0.622. The van der Waals surface area contributed by atoms with E-state index in [9.17, 15) is 13.2 Å². The van der Waals surface area contributed by atoms with Crippen LogP contribution < -0.4 is 0 Å². The van der Waals surface area contributed by atoms with Crippen LogP contribution in [0.15, 0.2) is 10.3 Å². The number of hydrogen-bond donors (Lipinski definition) is 0. The zero-order valence-electron chi connectivity index (χ0n) is 13.6. The zero-order valence-corrected chi connectivity index (χ0v) is 15.2. The van der Waals surface area contributed by atoms with Crippen LogP contribution in [0, 0.1) is 12.3 Å². The Morgan fingerprint density at radius 2 is 1.90 bits per heavy atom. The normalized spacial score (nSPS) is 14.3. The van der Waals surface area contributed by atoms with Crippen LogP contribution in [0.5, 0.6) is 0 Å². The summed E-state index contributed by atoms with van der Waals surface area (Å²) in [5.41, 5.74) is 0.352. The van der Waals surface area contributed by atoms with Crippen molar-refractivity contribution < 1.29 is 17.9 Å². The van der Waals surface area contributed by atoms with Crippen LogP contribution in [0.3, 0.4) is 0 Å². The molecule has 1 atom stereocenters. The highest BCUT2D eigenvalue weighted by Crippen LogP contribution is 2.33. The summed E-state index contributed by atoms with van der Waals surface area (Å²) in [6.45, 7) is 9.48. The van der Waals surface area contributed by atoms with Crippen molar-refractivity contribution in [3.63, 3.8) is 0 Å². The van der Waals surface area contributed by atoms with Crippen molar-refractivity contribution in [2.45, 2.75) is 45.6 Å². The number of rotatable bonds is 4. The SMILES string of the molecule is COC(=O)c1scc(C)c1S(=O)(=O)N(C)C(C)C(C)(C)C. The molecule has 1 aromatic rings. The Morgan fingerprint density at radius 1 is 1.38 bits per heavy atom. The second kappa shape index (κ2) is 6.06. The van der Waals surface area contributed by atoms with E-state index in [1.54, 1.807) is 19.4 Å². The van der Waals surface area contributed by atoms with Gasteiger partial charge in [0.25, 0.3) is 0 Å². The highest BCUT2D eigenvalue weighted by Gasteiger charge is 2.36. The first-order chi connectivity index (χ1) is 9.44. The minimum absolute atomic E-state index is 0.0537. The lowest BCUT2D eigenvalue weighted by Gasteiger charge is -2.34. The second-order valence-corrected chi connectivity index (χ2v) is 8.95. The molecule has 120 valence electrons. The largest absolute Gasteiger partial charge is 0.465 e. The lowest BCUT2D eigenvalue weighted by atomic mass is 9.88. The molecule has 0 aliphatic heterocycles. The summed E-state index contributed by atoms with van der Waals surface area (Å²) in [7, 11) is -0.961. The third kappa shape index (κ3) is 3.46. The average molecular weight is 333 g/mol. The minimum Gasteiger partial charge on any atom is -0.465 e. The molecule has 0 saturated heterocycles. The predicted octanol–water partition coefficient (Wildman–Crippen LogP) is 2.90. The molecule has 7 heteroatoms. The van der Waals surface area contributed by atoms with Gasteiger partial charge in [0.1, 0.15) is 9.77 Å².